The van der Waals surface area contributed by atoms with Gasteiger partial charge in [-0.1, -0.05) is 41.4 Å². The van der Waals surface area contributed by atoms with E-state index < -0.39 is 23.5 Å². The summed E-state index contributed by atoms with van der Waals surface area (Å²) < 4.78 is 13.4. The summed E-state index contributed by atoms with van der Waals surface area (Å²) >= 11 is 5.93. The van der Waals surface area contributed by atoms with E-state index >= 15 is 0 Å². The van der Waals surface area contributed by atoms with Gasteiger partial charge in [-0.05, 0) is 61.0 Å². The summed E-state index contributed by atoms with van der Waals surface area (Å²) in [4.78, 5) is 27.2. The summed E-state index contributed by atoms with van der Waals surface area (Å²) in [6.45, 7) is 1.93. The van der Waals surface area contributed by atoms with Gasteiger partial charge in [0.25, 0.3) is 11.7 Å². The highest BCUT2D eigenvalue weighted by Gasteiger charge is 2.46. The quantitative estimate of drug-likeness (QED) is 0.349. The van der Waals surface area contributed by atoms with E-state index in [1.54, 1.807) is 36.4 Å². The Morgan fingerprint density at radius 3 is 2.13 bits per heavy atom. The van der Waals surface area contributed by atoms with Crippen molar-refractivity contribution in [3.8, 4) is 0 Å². The van der Waals surface area contributed by atoms with Gasteiger partial charge in [0.15, 0.2) is 0 Å². The van der Waals surface area contributed by atoms with Gasteiger partial charge in [0, 0.05) is 16.3 Å². The van der Waals surface area contributed by atoms with E-state index in [0.717, 1.165) is 5.56 Å². The second-order valence-corrected chi connectivity index (χ2v) is 7.50. The molecule has 30 heavy (non-hydrogen) atoms. The van der Waals surface area contributed by atoms with Crippen LogP contribution in [0.25, 0.3) is 5.76 Å². The van der Waals surface area contributed by atoms with Crippen molar-refractivity contribution in [2.45, 2.75) is 13.0 Å². The fourth-order valence-electron chi connectivity index (χ4n) is 3.53. The molecule has 1 saturated heterocycles. The number of rotatable bonds is 3. The van der Waals surface area contributed by atoms with Crippen LogP contribution in [0.4, 0.5) is 10.1 Å². The predicted molar refractivity (Wildman–Crippen MR) is 114 cm³/mol. The number of carbonyl (C=O) groups excluding carboxylic acids is 2. The van der Waals surface area contributed by atoms with Crippen LogP contribution in [-0.4, -0.2) is 16.8 Å². The molecule has 0 bridgehead atoms. The number of benzene rings is 3. The van der Waals surface area contributed by atoms with Gasteiger partial charge >= 0.3 is 0 Å². The van der Waals surface area contributed by atoms with Gasteiger partial charge in [-0.25, -0.2) is 4.39 Å². The number of Topliss-reactive ketones (excluding diaryl/α,β-unsaturated/α-hetero) is 1. The minimum absolute atomic E-state index is 0.0319. The molecule has 1 aliphatic heterocycles. The van der Waals surface area contributed by atoms with Crippen LogP contribution in [-0.2, 0) is 9.59 Å². The number of hydrogen-bond acceptors (Lipinski definition) is 3. The van der Waals surface area contributed by atoms with E-state index in [-0.39, 0.29) is 11.3 Å². The van der Waals surface area contributed by atoms with Gasteiger partial charge in [-0.3, -0.25) is 14.5 Å². The predicted octanol–water partition coefficient (Wildman–Crippen LogP) is 5.41. The summed E-state index contributed by atoms with van der Waals surface area (Å²) in [6, 6.07) is 18.1. The highest BCUT2D eigenvalue weighted by molar-refractivity contribution is 6.51. The Balaban J connectivity index is 1.93. The van der Waals surface area contributed by atoms with E-state index in [2.05, 4.69) is 0 Å². The first-order valence-corrected chi connectivity index (χ1v) is 9.63. The van der Waals surface area contributed by atoms with Crippen LogP contribution in [0.2, 0.25) is 5.02 Å². The number of amides is 1. The van der Waals surface area contributed by atoms with E-state index in [1.807, 2.05) is 19.1 Å². The van der Waals surface area contributed by atoms with Crippen molar-refractivity contribution in [1.82, 2.24) is 0 Å². The zero-order valence-corrected chi connectivity index (χ0v) is 16.7. The van der Waals surface area contributed by atoms with Crippen molar-refractivity contribution in [2.24, 2.45) is 0 Å². The summed E-state index contributed by atoms with van der Waals surface area (Å²) in [6.07, 6.45) is 0. The molecular weight excluding hydrogens is 405 g/mol. The first kappa shape index (κ1) is 19.9. The van der Waals surface area contributed by atoms with Gasteiger partial charge in [-0.15, -0.1) is 0 Å². The Kier molecular flexibility index (Phi) is 5.14. The average molecular weight is 422 g/mol. The van der Waals surface area contributed by atoms with E-state index in [4.69, 9.17) is 11.6 Å². The third-order valence-corrected chi connectivity index (χ3v) is 5.31. The molecule has 6 heteroatoms. The van der Waals surface area contributed by atoms with Crippen LogP contribution in [0.3, 0.4) is 0 Å². The Bertz CT molecular complexity index is 1150. The molecule has 1 fully saturated rings. The van der Waals surface area contributed by atoms with E-state index in [1.165, 1.54) is 29.2 Å². The smallest absolute Gasteiger partial charge is 0.300 e. The van der Waals surface area contributed by atoms with Crippen molar-refractivity contribution in [1.29, 1.82) is 0 Å². The van der Waals surface area contributed by atoms with Crippen molar-refractivity contribution in [3.63, 3.8) is 0 Å². The SMILES string of the molecule is Cc1ccc([C@H]2C(=C(O)c3ccc(Cl)cc3)C(=O)C(=O)N2c2ccc(F)cc2)cc1. The molecule has 0 saturated carbocycles. The standard InChI is InChI=1S/C24H17ClFNO3/c1-14-2-4-15(5-3-14)21-20(22(28)16-6-8-17(25)9-7-16)23(29)24(30)27(21)19-12-10-18(26)11-13-19/h2-13,21,28H,1H3/t21-/m0/s1. The molecule has 150 valence electrons. The molecule has 0 radical (unpaired) electrons. The Morgan fingerprint density at radius 2 is 1.53 bits per heavy atom. The van der Waals surface area contributed by atoms with Crippen LogP contribution >= 0.6 is 11.6 Å². The summed E-state index contributed by atoms with van der Waals surface area (Å²) in [5.74, 6) is -2.34. The number of carbonyl (C=O) groups is 2. The molecule has 4 rings (SSSR count). The molecule has 0 aliphatic carbocycles. The number of aliphatic hydroxyl groups excluding tert-OH is 1. The molecular formula is C24H17ClFNO3. The monoisotopic (exact) mass is 421 g/mol. The lowest BCUT2D eigenvalue weighted by Crippen LogP contribution is -2.29. The van der Waals surface area contributed by atoms with Crippen LogP contribution in [0.1, 0.15) is 22.7 Å². The average Bonchev–Trinajstić information content (AvgIpc) is 3.00. The van der Waals surface area contributed by atoms with E-state index in [0.29, 0.717) is 21.8 Å². The van der Waals surface area contributed by atoms with Crippen molar-refractivity contribution >= 4 is 34.7 Å². The van der Waals surface area contributed by atoms with Crippen molar-refractivity contribution in [3.05, 3.63) is 106 Å². The topological polar surface area (TPSA) is 57.6 Å². The third kappa shape index (κ3) is 3.48. The number of nitrogens with zero attached hydrogens (tertiary/aromatic N) is 1. The molecule has 0 aromatic heterocycles. The zero-order chi connectivity index (χ0) is 21.4. The number of ketones is 1. The highest BCUT2D eigenvalue weighted by Crippen LogP contribution is 2.42. The summed E-state index contributed by atoms with van der Waals surface area (Å²) in [5, 5.41) is 11.5. The van der Waals surface area contributed by atoms with Gasteiger partial charge in [0.05, 0.1) is 11.6 Å². The summed E-state index contributed by atoms with van der Waals surface area (Å²) in [7, 11) is 0. The Morgan fingerprint density at radius 1 is 0.933 bits per heavy atom. The minimum atomic E-state index is -0.855. The lowest BCUT2D eigenvalue weighted by molar-refractivity contribution is -0.132. The summed E-state index contributed by atoms with van der Waals surface area (Å²) in [5.41, 5.74) is 2.36. The lowest BCUT2D eigenvalue weighted by Gasteiger charge is -2.25. The lowest BCUT2D eigenvalue weighted by atomic mass is 9.94. The van der Waals surface area contributed by atoms with Gasteiger partial charge in [0.1, 0.15) is 11.6 Å². The molecule has 1 amide bonds. The molecule has 3 aromatic rings. The van der Waals surface area contributed by atoms with Gasteiger partial charge in [0.2, 0.25) is 0 Å². The maximum atomic E-state index is 13.4. The largest absolute Gasteiger partial charge is 0.507 e. The Labute approximate surface area is 177 Å². The minimum Gasteiger partial charge on any atom is -0.507 e. The first-order chi connectivity index (χ1) is 14.4. The van der Waals surface area contributed by atoms with Crippen molar-refractivity contribution in [2.75, 3.05) is 4.90 Å². The molecule has 1 heterocycles. The fourth-order valence-corrected chi connectivity index (χ4v) is 3.65. The molecule has 3 aromatic carbocycles. The molecule has 1 aliphatic rings. The maximum Gasteiger partial charge on any atom is 0.300 e. The number of aryl methyl sites for hydroxylation is 1. The maximum absolute atomic E-state index is 13.4. The van der Waals surface area contributed by atoms with Gasteiger partial charge in [-0.2, -0.15) is 0 Å². The number of halogens is 2. The molecule has 1 N–H and O–H groups in total. The van der Waals surface area contributed by atoms with Crippen LogP contribution in [0.5, 0.6) is 0 Å². The van der Waals surface area contributed by atoms with Crippen LogP contribution < -0.4 is 4.90 Å². The second kappa shape index (κ2) is 7.76. The second-order valence-electron chi connectivity index (χ2n) is 7.06. The molecule has 4 nitrogen and oxygen atoms in total. The van der Waals surface area contributed by atoms with Crippen LogP contribution in [0, 0.1) is 12.7 Å². The van der Waals surface area contributed by atoms with Crippen molar-refractivity contribution < 1.29 is 19.1 Å². The first-order valence-electron chi connectivity index (χ1n) is 9.26. The van der Waals surface area contributed by atoms with Crippen LogP contribution in [0.15, 0.2) is 78.4 Å². The normalized spacial score (nSPS) is 18.1. The molecule has 0 unspecified atom stereocenters. The van der Waals surface area contributed by atoms with Gasteiger partial charge < -0.3 is 5.11 Å². The number of anilines is 1. The molecule has 1 atom stereocenters. The third-order valence-electron chi connectivity index (χ3n) is 5.06. The Hall–Kier alpha value is -3.44. The fraction of sp³-hybridized carbons (Fsp3) is 0.0833. The number of aliphatic hydroxyl groups is 1. The van der Waals surface area contributed by atoms with E-state index in [9.17, 15) is 19.1 Å². The molecule has 0 spiro atoms. The zero-order valence-electron chi connectivity index (χ0n) is 16.0. The highest BCUT2D eigenvalue weighted by atomic mass is 35.5. The number of hydrogen-bond donors (Lipinski definition) is 1.